The van der Waals surface area contributed by atoms with Gasteiger partial charge in [-0.2, -0.15) is 0 Å². The zero-order chi connectivity index (χ0) is 19.9. The zero-order valence-electron chi connectivity index (χ0n) is 18.8. The quantitative estimate of drug-likeness (QED) is 0.302. The largest absolute Gasteiger partial charge is 0.392 e. The number of ether oxygens (including phenoxy) is 1. The van der Waals surface area contributed by atoms with Gasteiger partial charge in [-0.05, 0) is 63.2 Å². The number of hydrogen-bond donors (Lipinski definition) is 1. The lowest BCUT2D eigenvalue weighted by Crippen LogP contribution is -2.21. The lowest BCUT2D eigenvalue weighted by molar-refractivity contribution is 0.00202. The van der Waals surface area contributed by atoms with Gasteiger partial charge in [-0.1, -0.05) is 77.4 Å². The van der Waals surface area contributed by atoms with E-state index in [0.29, 0.717) is 6.10 Å². The highest BCUT2D eigenvalue weighted by molar-refractivity contribution is 4.97. The van der Waals surface area contributed by atoms with E-state index < -0.39 is 0 Å². The summed E-state index contributed by atoms with van der Waals surface area (Å²) >= 11 is 0. The molecular formula is C25H48O2. The summed E-state index contributed by atoms with van der Waals surface area (Å²) in [5.74, 6) is 2.54. The second-order valence-corrected chi connectivity index (χ2v) is 9.53. The third-order valence-corrected chi connectivity index (χ3v) is 6.43. The van der Waals surface area contributed by atoms with Gasteiger partial charge in [-0.25, -0.2) is 0 Å². The van der Waals surface area contributed by atoms with Crippen LogP contribution in [0.3, 0.4) is 0 Å². The fourth-order valence-corrected chi connectivity index (χ4v) is 4.47. The molecule has 0 aromatic heterocycles. The Morgan fingerprint density at radius 1 is 0.926 bits per heavy atom. The molecule has 1 rings (SSSR count). The maximum atomic E-state index is 8.90. The first kappa shape index (κ1) is 24.7. The second-order valence-electron chi connectivity index (χ2n) is 9.53. The minimum atomic E-state index is 0.187. The highest BCUT2D eigenvalue weighted by Crippen LogP contribution is 2.25. The normalized spacial score (nSPS) is 21.8. The maximum absolute atomic E-state index is 8.90. The van der Waals surface area contributed by atoms with Crippen molar-refractivity contribution in [3.8, 4) is 0 Å². The van der Waals surface area contributed by atoms with Crippen LogP contribution in [0.15, 0.2) is 11.6 Å². The number of rotatable bonds is 15. The average molecular weight is 381 g/mol. The molecule has 0 aromatic rings. The summed E-state index contributed by atoms with van der Waals surface area (Å²) in [6.07, 6.45) is 19.7. The van der Waals surface area contributed by atoms with Crippen molar-refractivity contribution in [1.29, 1.82) is 0 Å². The summed E-state index contributed by atoms with van der Waals surface area (Å²) in [5, 5.41) is 8.90. The Balaban J connectivity index is 1.98. The maximum Gasteiger partial charge on any atom is 0.0614 e. The predicted molar refractivity (Wildman–Crippen MR) is 118 cm³/mol. The van der Waals surface area contributed by atoms with Crippen LogP contribution in [-0.2, 0) is 4.74 Å². The molecule has 1 aliphatic heterocycles. The summed E-state index contributed by atoms with van der Waals surface area (Å²) in [4.78, 5) is 0. The molecule has 160 valence electrons. The van der Waals surface area contributed by atoms with Gasteiger partial charge in [0.15, 0.2) is 0 Å². The van der Waals surface area contributed by atoms with E-state index in [0.717, 1.165) is 30.8 Å². The van der Waals surface area contributed by atoms with Crippen LogP contribution in [0.4, 0.5) is 0 Å². The minimum absolute atomic E-state index is 0.187. The Kier molecular flexibility index (Phi) is 14.2. The van der Waals surface area contributed by atoms with E-state index in [1.54, 1.807) is 0 Å². The molecule has 0 saturated carbocycles. The van der Waals surface area contributed by atoms with Gasteiger partial charge in [0.1, 0.15) is 0 Å². The van der Waals surface area contributed by atoms with Crippen LogP contribution in [0.5, 0.6) is 0 Å². The van der Waals surface area contributed by atoms with Crippen LogP contribution >= 0.6 is 0 Å². The van der Waals surface area contributed by atoms with Crippen molar-refractivity contribution < 1.29 is 9.84 Å². The van der Waals surface area contributed by atoms with E-state index in [1.807, 2.05) is 6.08 Å². The van der Waals surface area contributed by atoms with Crippen molar-refractivity contribution in [3.05, 3.63) is 11.6 Å². The van der Waals surface area contributed by atoms with Gasteiger partial charge in [0.2, 0.25) is 0 Å². The van der Waals surface area contributed by atoms with Crippen LogP contribution in [0.25, 0.3) is 0 Å². The fraction of sp³-hybridized carbons (Fsp3) is 0.920. The Bertz CT molecular complexity index is 371. The van der Waals surface area contributed by atoms with Gasteiger partial charge < -0.3 is 9.84 Å². The van der Waals surface area contributed by atoms with Crippen molar-refractivity contribution in [3.63, 3.8) is 0 Å². The molecule has 0 bridgehead atoms. The van der Waals surface area contributed by atoms with Crippen molar-refractivity contribution in [2.24, 2.45) is 17.8 Å². The number of aliphatic hydroxyl groups excluding tert-OH is 1. The SMILES string of the molecule is C/C(=C\CO)CCC[C@H](C)CCC[C@H](C)CCCC(C)CC1CCCCO1. The lowest BCUT2D eigenvalue weighted by atomic mass is 9.90. The third kappa shape index (κ3) is 13.5. The van der Waals surface area contributed by atoms with Gasteiger partial charge in [-0.15, -0.1) is 0 Å². The third-order valence-electron chi connectivity index (χ3n) is 6.43. The van der Waals surface area contributed by atoms with Crippen molar-refractivity contribution in [2.75, 3.05) is 13.2 Å². The monoisotopic (exact) mass is 380 g/mol. The van der Waals surface area contributed by atoms with Gasteiger partial charge in [-0.3, -0.25) is 0 Å². The van der Waals surface area contributed by atoms with Gasteiger partial charge in [0.25, 0.3) is 0 Å². The predicted octanol–water partition coefficient (Wildman–Crippen LogP) is 7.30. The second kappa shape index (κ2) is 15.6. The Labute approximate surface area is 170 Å². The Hall–Kier alpha value is -0.340. The molecule has 2 unspecified atom stereocenters. The molecule has 2 heteroatoms. The molecule has 2 nitrogen and oxygen atoms in total. The molecule has 1 saturated heterocycles. The summed E-state index contributed by atoms with van der Waals surface area (Å²) in [6.45, 7) is 10.6. The molecule has 0 radical (unpaired) electrons. The summed E-state index contributed by atoms with van der Waals surface area (Å²) in [5.41, 5.74) is 1.34. The van der Waals surface area contributed by atoms with Crippen LogP contribution in [-0.4, -0.2) is 24.4 Å². The van der Waals surface area contributed by atoms with E-state index in [1.165, 1.54) is 82.6 Å². The average Bonchev–Trinajstić information content (AvgIpc) is 2.62. The molecule has 0 amide bonds. The first-order valence-corrected chi connectivity index (χ1v) is 11.9. The first-order valence-electron chi connectivity index (χ1n) is 11.9. The minimum Gasteiger partial charge on any atom is -0.392 e. The molecule has 0 spiro atoms. The summed E-state index contributed by atoms with van der Waals surface area (Å²) in [7, 11) is 0. The topological polar surface area (TPSA) is 29.5 Å². The summed E-state index contributed by atoms with van der Waals surface area (Å²) < 4.78 is 5.89. The molecule has 1 fully saturated rings. The number of allylic oxidation sites excluding steroid dienone is 1. The smallest absolute Gasteiger partial charge is 0.0614 e. The standard InChI is InChI=1S/C25H48O2/c1-21(12-8-14-23(3)17-18-26)10-7-11-22(2)13-9-15-24(4)20-25-16-5-6-19-27-25/h17,21-22,24-26H,5-16,18-20H2,1-4H3/b23-17+/t21-,22+,24?,25?/m1/s1. The van der Waals surface area contributed by atoms with Gasteiger partial charge in [0.05, 0.1) is 12.7 Å². The Morgan fingerprint density at radius 2 is 1.52 bits per heavy atom. The molecule has 0 aliphatic carbocycles. The lowest BCUT2D eigenvalue weighted by Gasteiger charge is -2.25. The van der Waals surface area contributed by atoms with Crippen LogP contribution < -0.4 is 0 Å². The molecule has 27 heavy (non-hydrogen) atoms. The first-order chi connectivity index (χ1) is 13.0. The Morgan fingerprint density at radius 3 is 2.07 bits per heavy atom. The van der Waals surface area contributed by atoms with Crippen molar-refractivity contribution in [2.45, 2.75) is 117 Å². The van der Waals surface area contributed by atoms with Crippen LogP contribution in [0.2, 0.25) is 0 Å². The highest BCUT2D eigenvalue weighted by atomic mass is 16.5. The van der Waals surface area contributed by atoms with Crippen LogP contribution in [0.1, 0.15) is 111 Å². The van der Waals surface area contributed by atoms with E-state index in [2.05, 4.69) is 27.7 Å². The van der Waals surface area contributed by atoms with Crippen molar-refractivity contribution >= 4 is 0 Å². The van der Waals surface area contributed by atoms with E-state index in [-0.39, 0.29) is 6.61 Å². The molecule has 1 heterocycles. The molecular weight excluding hydrogens is 332 g/mol. The highest BCUT2D eigenvalue weighted by Gasteiger charge is 2.17. The summed E-state index contributed by atoms with van der Waals surface area (Å²) in [6, 6.07) is 0. The number of hydrogen-bond acceptors (Lipinski definition) is 2. The van der Waals surface area contributed by atoms with Gasteiger partial charge >= 0.3 is 0 Å². The van der Waals surface area contributed by atoms with E-state index >= 15 is 0 Å². The van der Waals surface area contributed by atoms with E-state index in [4.69, 9.17) is 9.84 Å². The van der Waals surface area contributed by atoms with E-state index in [9.17, 15) is 0 Å². The molecule has 1 N–H and O–H groups in total. The van der Waals surface area contributed by atoms with Crippen molar-refractivity contribution in [1.82, 2.24) is 0 Å². The molecule has 4 atom stereocenters. The number of aliphatic hydroxyl groups is 1. The van der Waals surface area contributed by atoms with Crippen LogP contribution in [0, 0.1) is 17.8 Å². The zero-order valence-corrected chi connectivity index (χ0v) is 18.8. The van der Waals surface area contributed by atoms with Gasteiger partial charge in [0, 0.05) is 6.61 Å². The fourth-order valence-electron chi connectivity index (χ4n) is 4.47. The molecule has 1 aliphatic rings. The molecule has 0 aromatic carbocycles.